The molecule has 0 aliphatic heterocycles. The van der Waals surface area contributed by atoms with Crippen LogP contribution in [-0.2, 0) is 0 Å². The van der Waals surface area contributed by atoms with Gasteiger partial charge >= 0.3 is 0 Å². The molecule has 0 unspecified atom stereocenters. The fourth-order valence-electron chi connectivity index (χ4n) is 0.871. The normalized spacial score (nSPS) is 11.4. The second-order valence-electron chi connectivity index (χ2n) is 4.02. The number of thiophene rings is 1. The van der Waals surface area contributed by atoms with Crippen molar-refractivity contribution in [2.45, 2.75) is 13.8 Å². The molecule has 1 aromatic rings. The molecule has 0 atom stereocenters. The van der Waals surface area contributed by atoms with Crippen molar-refractivity contribution in [3.8, 4) is 0 Å². The molecule has 78 valence electrons. The summed E-state index contributed by atoms with van der Waals surface area (Å²) in [5.41, 5.74) is 0.426. The molecule has 0 bridgehead atoms. The molecular formula is C10H15NO2S. The fourth-order valence-corrected chi connectivity index (χ4v) is 1.51. The summed E-state index contributed by atoms with van der Waals surface area (Å²) < 4.78 is 0. The summed E-state index contributed by atoms with van der Waals surface area (Å²) in [5.74, 6) is -0.0761. The van der Waals surface area contributed by atoms with E-state index in [0.717, 1.165) is 0 Å². The Morgan fingerprint density at radius 1 is 1.64 bits per heavy atom. The minimum Gasteiger partial charge on any atom is -0.396 e. The number of carbonyl (C=O) groups is 1. The third-order valence-electron chi connectivity index (χ3n) is 1.94. The van der Waals surface area contributed by atoms with Crippen molar-refractivity contribution >= 4 is 17.2 Å². The molecule has 0 fully saturated rings. The van der Waals surface area contributed by atoms with Crippen LogP contribution in [-0.4, -0.2) is 24.2 Å². The van der Waals surface area contributed by atoms with Gasteiger partial charge in [-0.2, -0.15) is 11.3 Å². The summed E-state index contributed by atoms with van der Waals surface area (Å²) in [4.78, 5) is 11.5. The van der Waals surface area contributed by atoms with Gasteiger partial charge in [-0.3, -0.25) is 4.79 Å². The van der Waals surface area contributed by atoms with Crippen molar-refractivity contribution in [1.29, 1.82) is 0 Å². The lowest BCUT2D eigenvalue weighted by Crippen LogP contribution is -2.35. The number of hydrogen-bond acceptors (Lipinski definition) is 3. The van der Waals surface area contributed by atoms with Gasteiger partial charge in [-0.15, -0.1) is 0 Å². The maximum atomic E-state index is 11.5. The molecule has 1 aromatic heterocycles. The predicted octanol–water partition coefficient (Wildman–Crippen LogP) is 1.50. The number of hydrogen-bond donors (Lipinski definition) is 2. The number of aliphatic hydroxyl groups excluding tert-OH is 1. The Labute approximate surface area is 87.8 Å². The first-order valence-electron chi connectivity index (χ1n) is 4.46. The van der Waals surface area contributed by atoms with Crippen LogP contribution in [0.2, 0.25) is 0 Å². The molecule has 4 heteroatoms. The van der Waals surface area contributed by atoms with E-state index in [1.165, 1.54) is 11.3 Å². The average Bonchev–Trinajstić information content (AvgIpc) is 2.67. The average molecular weight is 213 g/mol. The first-order valence-corrected chi connectivity index (χ1v) is 5.41. The molecule has 0 spiro atoms. The summed E-state index contributed by atoms with van der Waals surface area (Å²) in [7, 11) is 0. The predicted molar refractivity (Wildman–Crippen MR) is 57.5 cm³/mol. The molecular weight excluding hydrogens is 198 g/mol. The summed E-state index contributed by atoms with van der Waals surface area (Å²) in [5, 5.41) is 15.4. The van der Waals surface area contributed by atoms with Gasteiger partial charge in [-0.05, 0) is 11.4 Å². The summed E-state index contributed by atoms with van der Waals surface area (Å²) >= 11 is 1.50. The molecule has 0 radical (unpaired) electrons. The van der Waals surface area contributed by atoms with E-state index in [0.29, 0.717) is 12.1 Å². The fraction of sp³-hybridized carbons (Fsp3) is 0.500. The number of nitrogens with one attached hydrogen (secondary N) is 1. The van der Waals surface area contributed by atoms with Crippen LogP contribution >= 0.6 is 11.3 Å². The molecule has 1 amide bonds. The van der Waals surface area contributed by atoms with Gasteiger partial charge in [0.1, 0.15) is 0 Å². The van der Waals surface area contributed by atoms with Gasteiger partial charge in [0.25, 0.3) is 5.91 Å². The van der Waals surface area contributed by atoms with E-state index in [2.05, 4.69) is 5.32 Å². The topological polar surface area (TPSA) is 49.3 Å². The quantitative estimate of drug-likeness (QED) is 0.796. The zero-order valence-electron chi connectivity index (χ0n) is 8.41. The number of amides is 1. The number of aliphatic hydroxyl groups is 1. The van der Waals surface area contributed by atoms with Crippen LogP contribution in [0, 0.1) is 5.41 Å². The van der Waals surface area contributed by atoms with Gasteiger partial charge < -0.3 is 10.4 Å². The summed E-state index contributed by atoms with van der Waals surface area (Å²) in [6.45, 7) is 4.36. The third-order valence-corrected chi connectivity index (χ3v) is 2.62. The third kappa shape index (κ3) is 3.12. The van der Waals surface area contributed by atoms with Gasteiger partial charge in [0, 0.05) is 29.5 Å². The van der Waals surface area contributed by atoms with Crippen molar-refractivity contribution in [3.63, 3.8) is 0 Å². The van der Waals surface area contributed by atoms with Crippen LogP contribution < -0.4 is 5.32 Å². The molecule has 0 aliphatic carbocycles. The highest BCUT2D eigenvalue weighted by Crippen LogP contribution is 2.12. The summed E-state index contributed by atoms with van der Waals surface area (Å²) in [6.07, 6.45) is 0. The lowest BCUT2D eigenvalue weighted by Gasteiger charge is -2.21. The highest BCUT2D eigenvalue weighted by Gasteiger charge is 2.17. The van der Waals surface area contributed by atoms with Gasteiger partial charge in [0.2, 0.25) is 0 Å². The molecule has 14 heavy (non-hydrogen) atoms. The van der Waals surface area contributed by atoms with E-state index in [4.69, 9.17) is 5.11 Å². The van der Waals surface area contributed by atoms with Crippen LogP contribution in [0.3, 0.4) is 0 Å². The first kappa shape index (κ1) is 11.2. The number of rotatable bonds is 4. The van der Waals surface area contributed by atoms with E-state index in [1.807, 2.05) is 19.2 Å². The van der Waals surface area contributed by atoms with E-state index in [9.17, 15) is 4.79 Å². The van der Waals surface area contributed by atoms with E-state index < -0.39 is 0 Å². The van der Waals surface area contributed by atoms with Crippen molar-refractivity contribution in [3.05, 3.63) is 22.4 Å². The van der Waals surface area contributed by atoms with Crippen LogP contribution in [0.4, 0.5) is 0 Å². The van der Waals surface area contributed by atoms with Crippen LogP contribution in [0.25, 0.3) is 0 Å². The largest absolute Gasteiger partial charge is 0.396 e. The van der Waals surface area contributed by atoms with Gasteiger partial charge in [-0.1, -0.05) is 13.8 Å². The second kappa shape index (κ2) is 4.57. The minimum atomic E-state index is -0.258. The number of carbonyl (C=O) groups excluding carboxylic acids is 1. The van der Waals surface area contributed by atoms with Crippen molar-refractivity contribution < 1.29 is 9.90 Å². The maximum absolute atomic E-state index is 11.5. The minimum absolute atomic E-state index is 0.0664. The van der Waals surface area contributed by atoms with Crippen LogP contribution in [0.5, 0.6) is 0 Å². The molecule has 0 aliphatic rings. The van der Waals surface area contributed by atoms with Crippen LogP contribution in [0.1, 0.15) is 24.2 Å². The second-order valence-corrected chi connectivity index (χ2v) is 4.80. The van der Waals surface area contributed by atoms with Gasteiger partial charge in [0.15, 0.2) is 0 Å². The Bertz CT molecular complexity index is 293. The maximum Gasteiger partial charge on any atom is 0.252 e. The Morgan fingerprint density at radius 3 is 2.86 bits per heavy atom. The Balaban J connectivity index is 2.43. The van der Waals surface area contributed by atoms with Crippen molar-refractivity contribution in [2.75, 3.05) is 13.2 Å². The van der Waals surface area contributed by atoms with E-state index in [-0.39, 0.29) is 17.9 Å². The standard InChI is InChI=1S/C10H15NO2S/c1-10(2,7-12)6-11-9(13)8-3-4-14-5-8/h3-5,12H,6-7H2,1-2H3,(H,11,13). The SMILES string of the molecule is CC(C)(CO)CNC(=O)c1ccsc1. The molecule has 1 rings (SSSR count). The summed E-state index contributed by atoms with van der Waals surface area (Å²) in [6, 6.07) is 1.78. The Morgan fingerprint density at radius 2 is 2.36 bits per heavy atom. The van der Waals surface area contributed by atoms with Gasteiger partial charge in [0.05, 0.1) is 0 Å². The zero-order valence-corrected chi connectivity index (χ0v) is 9.23. The molecule has 3 nitrogen and oxygen atoms in total. The lowest BCUT2D eigenvalue weighted by atomic mass is 9.95. The Hall–Kier alpha value is -0.870. The smallest absolute Gasteiger partial charge is 0.252 e. The highest BCUT2D eigenvalue weighted by atomic mass is 32.1. The van der Waals surface area contributed by atoms with Crippen molar-refractivity contribution in [1.82, 2.24) is 5.32 Å². The molecule has 0 saturated carbocycles. The van der Waals surface area contributed by atoms with E-state index in [1.54, 1.807) is 11.4 Å². The zero-order chi connectivity index (χ0) is 10.6. The van der Waals surface area contributed by atoms with Crippen molar-refractivity contribution in [2.24, 2.45) is 5.41 Å². The van der Waals surface area contributed by atoms with Gasteiger partial charge in [-0.25, -0.2) is 0 Å². The molecule has 1 heterocycles. The molecule has 0 aromatic carbocycles. The Kier molecular flexibility index (Phi) is 3.66. The first-order chi connectivity index (χ1) is 6.55. The molecule has 2 N–H and O–H groups in total. The monoisotopic (exact) mass is 213 g/mol. The highest BCUT2D eigenvalue weighted by molar-refractivity contribution is 7.08. The molecule has 0 saturated heterocycles. The van der Waals surface area contributed by atoms with Crippen LogP contribution in [0.15, 0.2) is 16.8 Å². The lowest BCUT2D eigenvalue weighted by molar-refractivity contribution is 0.0911. The van der Waals surface area contributed by atoms with E-state index >= 15 is 0 Å².